The van der Waals surface area contributed by atoms with Gasteiger partial charge in [0.2, 0.25) is 11.7 Å². The number of anilines is 1. The largest absolute Gasteiger partial charge is 0.462 e. The summed E-state index contributed by atoms with van der Waals surface area (Å²) >= 11 is 6.96. The second-order valence-corrected chi connectivity index (χ2v) is 7.72. The molecule has 0 spiro atoms. The molecule has 2 aromatic heterocycles. The highest BCUT2D eigenvalue weighted by atomic mass is 35.5. The van der Waals surface area contributed by atoms with Crippen molar-refractivity contribution in [2.75, 3.05) is 19.0 Å². The first-order valence-corrected chi connectivity index (χ1v) is 10.4. The van der Waals surface area contributed by atoms with E-state index in [2.05, 4.69) is 26.0 Å². The van der Waals surface area contributed by atoms with Crippen LogP contribution >= 0.6 is 22.9 Å². The van der Waals surface area contributed by atoms with Gasteiger partial charge in [0.25, 0.3) is 5.91 Å². The number of aromatic nitrogens is 4. The lowest BCUT2D eigenvalue weighted by atomic mass is 10.1. The molecule has 3 rings (SSSR count). The molecular weight excluding hydrogens is 444 g/mol. The number of thiophene rings is 1. The molecule has 2 N–H and O–H groups in total. The number of hydrogen-bond donors (Lipinski definition) is 2. The van der Waals surface area contributed by atoms with E-state index in [0.29, 0.717) is 26.9 Å². The van der Waals surface area contributed by atoms with Gasteiger partial charge in [0.1, 0.15) is 11.5 Å². The Balaban J connectivity index is 1.80. The van der Waals surface area contributed by atoms with Crippen LogP contribution in [0.5, 0.6) is 0 Å². The minimum Gasteiger partial charge on any atom is -0.462 e. The number of tetrazole rings is 1. The Bertz CT molecular complexity index is 1140. The van der Waals surface area contributed by atoms with E-state index >= 15 is 0 Å². The first kappa shape index (κ1) is 22.4. The van der Waals surface area contributed by atoms with E-state index in [9.17, 15) is 14.4 Å². The van der Waals surface area contributed by atoms with E-state index in [1.807, 2.05) is 0 Å². The minimum absolute atomic E-state index is 0.143. The number of amides is 2. The zero-order valence-electron chi connectivity index (χ0n) is 16.9. The number of rotatable bonds is 7. The van der Waals surface area contributed by atoms with Crippen LogP contribution < -0.4 is 10.6 Å². The molecule has 2 amide bonds. The van der Waals surface area contributed by atoms with Gasteiger partial charge in [0.15, 0.2) is 0 Å². The van der Waals surface area contributed by atoms with Crippen LogP contribution in [0.2, 0.25) is 5.02 Å². The van der Waals surface area contributed by atoms with E-state index in [1.54, 1.807) is 38.1 Å². The Morgan fingerprint density at radius 3 is 2.74 bits per heavy atom. The van der Waals surface area contributed by atoms with Gasteiger partial charge >= 0.3 is 5.97 Å². The highest BCUT2D eigenvalue weighted by Gasteiger charge is 2.26. The second-order valence-electron chi connectivity index (χ2n) is 6.26. The molecule has 31 heavy (non-hydrogen) atoms. The Labute approximate surface area is 186 Å². The number of hydrogen-bond acceptors (Lipinski definition) is 8. The summed E-state index contributed by atoms with van der Waals surface area (Å²) in [6.45, 7) is 3.21. The smallest absolute Gasteiger partial charge is 0.341 e. The maximum absolute atomic E-state index is 12.6. The van der Waals surface area contributed by atoms with E-state index in [-0.39, 0.29) is 29.6 Å². The fourth-order valence-electron chi connectivity index (χ4n) is 2.73. The fraction of sp³-hybridized carbons (Fsp3) is 0.263. The van der Waals surface area contributed by atoms with Crippen molar-refractivity contribution in [3.05, 3.63) is 45.3 Å². The Hall–Kier alpha value is -3.31. The Morgan fingerprint density at radius 2 is 2.06 bits per heavy atom. The average Bonchev–Trinajstić information content (AvgIpc) is 3.32. The predicted molar refractivity (Wildman–Crippen MR) is 115 cm³/mol. The SMILES string of the molecule is CCOC(=O)c1c(NC(=O)Cn2nnc(-c3cccc(Cl)c3)n2)sc(C(=O)NC)c1C. The van der Waals surface area contributed by atoms with Crippen molar-refractivity contribution in [2.24, 2.45) is 0 Å². The number of nitrogens with one attached hydrogen (secondary N) is 2. The molecule has 0 unspecified atom stereocenters. The number of carbonyl (C=O) groups is 3. The molecule has 0 atom stereocenters. The van der Waals surface area contributed by atoms with Gasteiger partial charge in [-0.1, -0.05) is 23.7 Å². The van der Waals surface area contributed by atoms with Crippen LogP contribution in [0.3, 0.4) is 0 Å². The van der Waals surface area contributed by atoms with Gasteiger partial charge in [0.05, 0.1) is 17.0 Å². The molecule has 0 aliphatic carbocycles. The lowest BCUT2D eigenvalue weighted by Gasteiger charge is -2.06. The number of ether oxygens (including phenoxy) is 1. The van der Waals surface area contributed by atoms with Gasteiger partial charge in [-0.15, -0.1) is 21.5 Å². The predicted octanol–water partition coefficient (Wildman–Crippen LogP) is 2.54. The molecule has 12 heteroatoms. The molecule has 0 radical (unpaired) electrons. The summed E-state index contributed by atoms with van der Waals surface area (Å²) in [5.41, 5.74) is 1.23. The van der Waals surface area contributed by atoms with Gasteiger partial charge < -0.3 is 15.4 Å². The van der Waals surface area contributed by atoms with Crippen LogP contribution in [0.15, 0.2) is 24.3 Å². The third kappa shape index (κ3) is 5.06. The molecule has 10 nitrogen and oxygen atoms in total. The summed E-state index contributed by atoms with van der Waals surface area (Å²) in [7, 11) is 1.48. The van der Waals surface area contributed by atoms with E-state index in [1.165, 1.54) is 7.05 Å². The maximum Gasteiger partial charge on any atom is 0.341 e. The van der Waals surface area contributed by atoms with Gasteiger partial charge in [0, 0.05) is 17.6 Å². The summed E-state index contributed by atoms with van der Waals surface area (Å²) < 4.78 is 5.07. The zero-order valence-corrected chi connectivity index (χ0v) is 18.5. The third-order valence-corrected chi connectivity index (χ3v) is 5.57. The van der Waals surface area contributed by atoms with Crippen molar-refractivity contribution in [2.45, 2.75) is 20.4 Å². The quantitative estimate of drug-likeness (QED) is 0.516. The number of carbonyl (C=O) groups excluding carboxylic acids is 3. The summed E-state index contributed by atoms with van der Waals surface area (Å²) in [6, 6.07) is 6.93. The van der Waals surface area contributed by atoms with Crippen molar-refractivity contribution in [1.29, 1.82) is 0 Å². The van der Waals surface area contributed by atoms with Gasteiger partial charge in [-0.3, -0.25) is 9.59 Å². The molecule has 0 aliphatic heterocycles. The second kappa shape index (κ2) is 9.67. The van der Waals surface area contributed by atoms with Crippen LogP contribution in [0, 0.1) is 6.92 Å². The topological polar surface area (TPSA) is 128 Å². The third-order valence-electron chi connectivity index (χ3n) is 4.13. The van der Waals surface area contributed by atoms with Gasteiger partial charge in [-0.25, -0.2) is 4.79 Å². The lowest BCUT2D eigenvalue weighted by molar-refractivity contribution is -0.117. The molecule has 0 saturated carbocycles. The first-order valence-electron chi connectivity index (χ1n) is 9.20. The average molecular weight is 463 g/mol. The van der Waals surface area contributed by atoms with E-state index in [4.69, 9.17) is 16.3 Å². The summed E-state index contributed by atoms with van der Waals surface area (Å²) in [5.74, 6) is -1.16. The highest BCUT2D eigenvalue weighted by molar-refractivity contribution is 7.18. The molecule has 2 heterocycles. The Kier molecular flexibility index (Phi) is 6.98. The molecule has 0 bridgehead atoms. The number of benzene rings is 1. The Morgan fingerprint density at radius 1 is 1.29 bits per heavy atom. The van der Waals surface area contributed by atoms with Crippen LogP contribution in [-0.2, 0) is 16.1 Å². The lowest BCUT2D eigenvalue weighted by Crippen LogP contribution is -2.21. The van der Waals surface area contributed by atoms with Crippen molar-refractivity contribution in [3.63, 3.8) is 0 Å². The molecule has 162 valence electrons. The maximum atomic E-state index is 12.6. The number of esters is 1. The van der Waals surface area contributed by atoms with Crippen LogP contribution in [0.4, 0.5) is 5.00 Å². The summed E-state index contributed by atoms with van der Waals surface area (Å²) in [4.78, 5) is 38.5. The standard InChI is InChI=1S/C19H19ClN6O4S/c1-4-30-19(29)14-10(2)15(17(28)21-3)31-18(14)22-13(27)9-26-24-16(23-25-26)11-6-5-7-12(20)8-11/h5-8H,4,9H2,1-3H3,(H,21,28)(H,22,27). The monoisotopic (exact) mass is 462 g/mol. The minimum atomic E-state index is -0.621. The normalized spacial score (nSPS) is 10.6. The molecule has 0 fully saturated rings. The summed E-state index contributed by atoms with van der Waals surface area (Å²) in [5, 5.41) is 17.9. The van der Waals surface area contributed by atoms with E-state index < -0.39 is 11.9 Å². The van der Waals surface area contributed by atoms with Crippen LogP contribution in [0.25, 0.3) is 11.4 Å². The van der Waals surface area contributed by atoms with Crippen molar-refractivity contribution < 1.29 is 19.1 Å². The highest BCUT2D eigenvalue weighted by Crippen LogP contribution is 2.33. The first-order chi connectivity index (χ1) is 14.8. The van der Waals surface area contributed by atoms with E-state index in [0.717, 1.165) is 16.1 Å². The number of nitrogens with zero attached hydrogens (tertiary/aromatic N) is 4. The molecule has 0 saturated heterocycles. The fourth-order valence-corrected chi connectivity index (χ4v) is 4.08. The van der Waals surface area contributed by atoms with Crippen LogP contribution in [-0.4, -0.2) is 51.6 Å². The van der Waals surface area contributed by atoms with Crippen molar-refractivity contribution in [3.8, 4) is 11.4 Å². The zero-order chi connectivity index (χ0) is 22.5. The van der Waals surface area contributed by atoms with Gasteiger partial charge in [-0.05, 0) is 36.8 Å². The summed E-state index contributed by atoms with van der Waals surface area (Å²) in [6.07, 6.45) is 0. The molecule has 0 aliphatic rings. The molecule has 1 aromatic carbocycles. The molecular formula is C19H19ClN6O4S. The number of halogens is 1. The van der Waals surface area contributed by atoms with Crippen molar-refractivity contribution >= 4 is 45.7 Å². The van der Waals surface area contributed by atoms with Crippen LogP contribution in [0.1, 0.15) is 32.5 Å². The van der Waals surface area contributed by atoms with Gasteiger partial charge in [-0.2, -0.15) is 4.80 Å². The van der Waals surface area contributed by atoms with Crippen molar-refractivity contribution in [1.82, 2.24) is 25.5 Å². The molecule has 3 aromatic rings.